The van der Waals surface area contributed by atoms with Crippen LogP contribution in [0.5, 0.6) is 11.5 Å². The minimum absolute atomic E-state index is 0.00366. The molecule has 0 radical (unpaired) electrons. The quantitative estimate of drug-likeness (QED) is 0.152. The molecular formula is C31H26F4N8O4S. The summed E-state index contributed by atoms with van der Waals surface area (Å²) in [6.07, 6.45) is -3.99. The number of nitrogens with one attached hydrogen (secondary N) is 3. The third-order valence-electron chi connectivity index (χ3n) is 8.15. The summed E-state index contributed by atoms with van der Waals surface area (Å²) in [5.41, 5.74) is 2.91. The SMILES string of the molecule is O=C(Nc1nn[nH]n1)c1ccc(CN(C(=O)Nc2nc3ccc4c(c3s2)OC(F)(F)C(F)(F)O4)c2ccc(C3CCCCC3)cc2)cc1. The zero-order chi connectivity index (χ0) is 33.5. The molecule has 0 saturated heterocycles. The molecule has 1 saturated carbocycles. The number of hydrogen-bond donors (Lipinski definition) is 3. The highest BCUT2D eigenvalue weighted by molar-refractivity contribution is 7.22. The van der Waals surface area contributed by atoms with Gasteiger partial charge in [0.05, 0.1) is 12.1 Å². The minimum Gasteiger partial charge on any atom is -0.421 e. The first-order chi connectivity index (χ1) is 23.1. The van der Waals surface area contributed by atoms with Gasteiger partial charge in [-0.2, -0.15) is 22.8 Å². The van der Waals surface area contributed by atoms with Crippen molar-refractivity contribution in [2.45, 2.75) is 56.8 Å². The fourth-order valence-corrected chi connectivity index (χ4v) is 6.63. The number of rotatable bonds is 7. The number of ether oxygens (including phenoxy) is 2. The van der Waals surface area contributed by atoms with Gasteiger partial charge in [-0.3, -0.25) is 20.3 Å². The van der Waals surface area contributed by atoms with Crippen LogP contribution in [-0.2, 0) is 6.54 Å². The van der Waals surface area contributed by atoms with Crippen LogP contribution in [0, 0.1) is 0 Å². The summed E-state index contributed by atoms with van der Waals surface area (Å²) in [4.78, 5) is 32.2. The average molecular weight is 683 g/mol. The van der Waals surface area contributed by atoms with Crippen LogP contribution in [0.2, 0.25) is 0 Å². The Bertz CT molecular complexity index is 1950. The number of anilines is 3. The number of urea groups is 1. The standard InChI is InChI=1S/C31H26F4N8O4S/c32-30(33)31(34,35)47-24-23(46-30)15-14-22-25(24)48-28(36-22)38-29(45)43(21-12-10-19(11-13-21)18-4-2-1-3-5-18)16-17-6-8-20(9-7-17)26(44)37-27-39-41-42-40-27/h6-15,18H,1-5,16H2,(H,36,38,45)(H2,37,39,40,41,42,44). The summed E-state index contributed by atoms with van der Waals surface area (Å²) in [5.74, 6) is -1.16. The third-order valence-corrected chi connectivity index (χ3v) is 9.14. The van der Waals surface area contributed by atoms with Gasteiger partial charge in [0.1, 0.15) is 4.70 Å². The number of benzene rings is 3. The molecule has 3 aromatic carbocycles. The molecule has 248 valence electrons. The van der Waals surface area contributed by atoms with Crippen LogP contribution in [-0.4, -0.2) is 49.8 Å². The lowest BCUT2D eigenvalue weighted by atomic mass is 9.84. The number of carbonyl (C=O) groups is 2. The normalized spacial score (nSPS) is 16.8. The number of aromatic amines is 1. The number of amides is 3. The summed E-state index contributed by atoms with van der Waals surface area (Å²) in [6.45, 7) is 0.0832. The molecule has 0 unspecified atom stereocenters. The molecule has 7 rings (SSSR count). The van der Waals surface area contributed by atoms with Gasteiger partial charge in [-0.05, 0) is 71.5 Å². The van der Waals surface area contributed by atoms with Crippen molar-refractivity contribution < 1.29 is 36.6 Å². The predicted molar refractivity (Wildman–Crippen MR) is 167 cm³/mol. The van der Waals surface area contributed by atoms with Crippen LogP contribution < -0.4 is 25.0 Å². The lowest BCUT2D eigenvalue weighted by Crippen LogP contribution is -2.52. The molecule has 1 aliphatic heterocycles. The van der Waals surface area contributed by atoms with Crippen LogP contribution in [0.4, 0.5) is 39.1 Å². The summed E-state index contributed by atoms with van der Waals surface area (Å²) < 4.78 is 64.1. The van der Waals surface area contributed by atoms with E-state index < -0.39 is 35.7 Å². The molecular weight excluding hydrogens is 656 g/mol. The lowest BCUT2D eigenvalue weighted by molar-refractivity contribution is -0.391. The fourth-order valence-electron chi connectivity index (χ4n) is 5.70. The molecule has 3 amide bonds. The zero-order valence-corrected chi connectivity index (χ0v) is 25.7. The smallest absolute Gasteiger partial charge is 0.421 e. The van der Waals surface area contributed by atoms with E-state index in [0.717, 1.165) is 30.2 Å². The number of thiazole rings is 1. The summed E-state index contributed by atoms with van der Waals surface area (Å²) in [6, 6.07) is 16.1. The third kappa shape index (κ3) is 6.20. The van der Waals surface area contributed by atoms with Gasteiger partial charge in [0.25, 0.3) is 11.9 Å². The number of alkyl halides is 4. The molecule has 0 bridgehead atoms. The molecule has 48 heavy (non-hydrogen) atoms. The van der Waals surface area contributed by atoms with Crippen molar-refractivity contribution in [3.8, 4) is 11.5 Å². The second-order valence-corrected chi connectivity index (χ2v) is 12.3. The minimum atomic E-state index is -4.91. The van der Waals surface area contributed by atoms with Crippen LogP contribution in [0.1, 0.15) is 59.5 Å². The Morgan fingerprint density at radius 2 is 1.65 bits per heavy atom. The van der Waals surface area contributed by atoms with E-state index in [-0.39, 0.29) is 27.8 Å². The zero-order valence-electron chi connectivity index (χ0n) is 24.9. The van der Waals surface area contributed by atoms with Crippen LogP contribution >= 0.6 is 11.3 Å². The Kier molecular flexibility index (Phi) is 8.06. The molecule has 2 aliphatic rings. The van der Waals surface area contributed by atoms with Gasteiger partial charge in [-0.1, -0.05) is 60.0 Å². The average Bonchev–Trinajstić information content (AvgIpc) is 3.75. The van der Waals surface area contributed by atoms with Crippen molar-refractivity contribution in [3.05, 3.63) is 77.4 Å². The lowest BCUT2D eigenvalue weighted by Gasteiger charge is -2.31. The Morgan fingerprint density at radius 3 is 2.35 bits per heavy atom. The molecule has 17 heteroatoms. The summed E-state index contributed by atoms with van der Waals surface area (Å²) >= 11 is 0.773. The van der Waals surface area contributed by atoms with Gasteiger partial charge in [0, 0.05) is 11.3 Å². The first-order valence-electron chi connectivity index (χ1n) is 15.0. The second-order valence-electron chi connectivity index (χ2n) is 11.3. The van der Waals surface area contributed by atoms with E-state index in [1.807, 2.05) is 24.3 Å². The van der Waals surface area contributed by atoms with E-state index in [1.165, 1.54) is 35.8 Å². The highest BCUT2D eigenvalue weighted by Gasteiger charge is 2.66. The van der Waals surface area contributed by atoms with Crippen molar-refractivity contribution in [2.75, 3.05) is 15.5 Å². The summed E-state index contributed by atoms with van der Waals surface area (Å²) in [7, 11) is 0. The topological polar surface area (TPSA) is 147 Å². The molecule has 3 N–H and O–H groups in total. The summed E-state index contributed by atoms with van der Waals surface area (Å²) in [5, 5.41) is 18.3. The van der Waals surface area contributed by atoms with Crippen molar-refractivity contribution in [1.29, 1.82) is 0 Å². The Morgan fingerprint density at radius 1 is 0.917 bits per heavy atom. The van der Waals surface area contributed by atoms with Gasteiger partial charge in [-0.15, -0.1) is 5.10 Å². The maximum Gasteiger partial charge on any atom is 0.507 e. The van der Waals surface area contributed by atoms with Crippen molar-refractivity contribution in [2.24, 2.45) is 0 Å². The van der Waals surface area contributed by atoms with E-state index in [4.69, 9.17) is 0 Å². The number of aromatic nitrogens is 5. The first kappa shape index (κ1) is 31.3. The molecule has 1 fully saturated rings. The number of halogens is 4. The van der Waals surface area contributed by atoms with E-state index in [2.05, 4.69) is 45.7 Å². The van der Waals surface area contributed by atoms with E-state index in [0.29, 0.717) is 22.7 Å². The van der Waals surface area contributed by atoms with Crippen molar-refractivity contribution in [3.63, 3.8) is 0 Å². The van der Waals surface area contributed by atoms with Gasteiger partial charge in [-0.25, -0.2) is 9.78 Å². The molecule has 12 nitrogen and oxygen atoms in total. The van der Waals surface area contributed by atoms with Gasteiger partial charge >= 0.3 is 18.2 Å². The Balaban J connectivity index is 1.14. The van der Waals surface area contributed by atoms with Crippen LogP contribution in [0.3, 0.4) is 0 Å². The van der Waals surface area contributed by atoms with Gasteiger partial charge in [0.2, 0.25) is 0 Å². The Hall–Kier alpha value is -5.32. The monoisotopic (exact) mass is 682 g/mol. The van der Waals surface area contributed by atoms with Gasteiger partial charge < -0.3 is 9.47 Å². The number of nitrogens with zero attached hydrogens (tertiary/aromatic N) is 5. The molecule has 1 aliphatic carbocycles. The number of tetrazole rings is 1. The maximum atomic E-state index is 14.0. The maximum absolute atomic E-state index is 14.0. The van der Waals surface area contributed by atoms with Crippen molar-refractivity contribution in [1.82, 2.24) is 25.6 Å². The molecule has 2 aromatic heterocycles. The van der Waals surface area contributed by atoms with Crippen LogP contribution in [0.25, 0.3) is 10.2 Å². The fraction of sp³-hybridized carbons (Fsp3) is 0.290. The number of carbonyl (C=O) groups excluding carboxylic acids is 2. The van der Waals surface area contributed by atoms with E-state index in [1.54, 1.807) is 24.3 Å². The highest BCUT2D eigenvalue weighted by Crippen LogP contribution is 2.51. The number of hydrogen-bond acceptors (Lipinski definition) is 9. The van der Waals surface area contributed by atoms with Crippen LogP contribution in [0.15, 0.2) is 60.7 Å². The van der Waals surface area contributed by atoms with E-state index in [9.17, 15) is 27.2 Å². The van der Waals surface area contributed by atoms with Crippen molar-refractivity contribution >= 4 is 50.3 Å². The largest absolute Gasteiger partial charge is 0.507 e. The predicted octanol–water partition coefficient (Wildman–Crippen LogP) is 7.30. The van der Waals surface area contributed by atoms with Gasteiger partial charge in [0.15, 0.2) is 16.6 Å². The molecule has 3 heterocycles. The Labute approximate surface area is 273 Å². The first-order valence-corrected chi connectivity index (χ1v) is 15.8. The molecule has 5 aromatic rings. The second kappa shape index (κ2) is 12.4. The van der Waals surface area contributed by atoms with E-state index >= 15 is 0 Å². The number of H-pyrrole nitrogens is 1. The molecule has 0 atom stereocenters. The number of fused-ring (bicyclic) bond motifs is 3. The highest BCUT2D eigenvalue weighted by atomic mass is 32.1. The molecule has 0 spiro atoms.